The molecule has 0 aliphatic carbocycles. The predicted octanol–water partition coefficient (Wildman–Crippen LogP) is 1.21. The standard InChI is InChI=1S/C13H28N2O3S/c1-3-14-9-5-6-12-19(16,17)15-10-7-13(8-11-15)18-4-2/h13-14H,3-12H2,1-2H3. The number of ether oxygens (including phenoxy) is 1. The first-order valence-corrected chi connectivity index (χ1v) is 9.01. The van der Waals surface area contributed by atoms with Gasteiger partial charge in [-0.1, -0.05) is 6.92 Å². The highest BCUT2D eigenvalue weighted by molar-refractivity contribution is 7.89. The second-order valence-electron chi connectivity index (χ2n) is 4.93. The molecule has 19 heavy (non-hydrogen) atoms. The Bertz CT molecular complexity index is 325. The van der Waals surface area contributed by atoms with E-state index in [4.69, 9.17) is 4.74 Å². The molecular weight excluding hydrogens is 264 g/mol. The van der Waals surface area contributed by atoms with Gasteiger partial charge in [0.2, 0.25) is 10.0 Å². The minimum atomic E-state index is -3.06. The van der Waals surface area contributed by atoms with Crippen LogP contribution in [0.1, 0.15) is 39.5 Å². The number of sulfonamides is 1. The van der Waals surface area contributed by atoms with Gasteiger partial charge in [0.1, 0.15) is 0 Å². The summed E-state index contributed by atoms with van der Waals surface area (Å²) in [7, 11) is -3.06. The van der Waals surface area contributed by atoms with Crippen LogP contribution in [0.5, 0.6) is 0 Å². The first kappa shape index (κ1) is 16.9. The van der Waals surface area contributed by atoms with Gasteiger partial charge in [-0.2, -0.15) is 0 Å². The number of nitrogens with zero attached hydrogens (tertiary/aromatic N) is 1. The maximum atomic E-state index is 12.1. The Hall–Kier alpha value is -0.170. The van der Waals surface area contributed by atoms with Crippen LogP contribution in [-0.4, -0.2) is 57.4 Å². The van der Waals surface area contributed by atoms with Crippen molar-refractivity contribution >= 4 is 10.0 Å². The lowest BCUT2D eigenvalue weighted by Gasteiger charge is -2.31. The lowest BCUT2D eigenvalue weighted by atomic mass is 10.1. The Labute approximate surface area is 117 Å². The third-order valence-corrected chi connectivity index (χ3v) is 5.41. The third-order valence-electron chi connectivity index (χ3n) is 3.45. The zero-order valence-corrected chi connectivity index (χ0v) is 13.0. The van der Waals surface area contributed by atoms with Crippen molar-refractivity contribution in [2.24, 2.45) is 0 Å². The largest absolute Gasteiger partial charge is 0.378 e. The lowest BCUT2D eigenvalue weighted by Crippen LogP contribution is -2.42. The van der Waals surface area contributed by atoms with Crippen LogP contribution >= 0.6 is 0 Å². The van der Waals surface area contributed by atoms with Crippen LogP contribution in [0.25, 0.3) is 0 Å². The summed E-state index contributed by atoms with van der Waals surface area (Å²) in [6.45, 7) is 7.81. The normalized spacial score (nSPS) is 18.8. The van der Waals surface area contributed by atoms with Crippen molar-refractivity contribution in [1.29, 1.82) is 0 Å². The van der Waals surface area contributed by atoms with E-state index >= 15 is 0 Å². The molecule has 0 bridgehead atoms. The number of hydrogen-bond donors (Lipinski definition) is 1. The molecule has 0 aromatic heterocycles. The molecule has 1 aliphatic heterocycles. The fourth-order valence-corrected chi connectivity index (χ4v) is 3.95. The summed E-state index contributed by atoms with van der Waals surface area (Å²) in [6, 6.07) is 0. The third kappa shape index (κ3) is 6.21. The Morgan fingerprint density at radius 1 is 1.21 bits per heavy atom. The number of unbranched alkanes of at least 4 members (excludes halogenated alkanes) is 1. The highest BCUT2D eigenvalue weighted by Crippen LogP contribution is 2.17. The average molecular weight is 292 g/mol. The van der Waals surface area contributed by atoms with Gasteiger partial charge in [0.25, 0.3) is 0 Å². The molecule has 0 atom stereocenters. The summed E-state index contributed by atoms with van der Waals surface area (Å²) in [6.07, 6.45) is 3.54. The van der Waals surface area contributed by atoms with Gasteiger partial charge in [-0.15, -0.1) is 0 Å². The van der Waals surface area contributed by atoms with Crippen molar-refractivity contribution < 1.29 is 13.2 Å². The van der Waals surface area contributed by atoms with E-state index < -0.39 is 10.0 Å². The molecule has 1 aliphatic rings. The molecule has 114 valence electrons. The van der Waals surface area contributed by atoms with E-state index in [-0.39, 0.29) is 11.9 Å². The first-order valence-electron chi connectivity index (χ1n) is 7.40. The molecule has 6 heteroatoms. The Kier molecular flexibility index (Phi) is 7.90. The molecule has 1 saturated heterocycles. The molecule has 0 aromatic rings. The summed E-state index contributed by atoms with van der Waals surface area (Å²) >= 11 is 0. The van der Waals surface area contributed by atoms with Gasteiger partial charge < -0.3 is 10.1 Å². The summed E-state index contributed by atoms with van der Waals surface area (Å²) < 4.78 is 31.5. The zero-order chi connectivity index (χ0) is 14.1. The smallest absolute Gasteiger partial charge is 0.214 e. The van der Waals surface area contributed by atoms with Crippen molar-refractivity contribution in [3.63, 3.8) is 0 Å². The van der Waals surface area contributed by atoms with Crippen LogP contribution in [0.2, 0.25) is 0 Å². The van der Waals surface area contributed by atoms with E-state index in [1.54, 1.807) is 4.31 Å². The van der Waals surface area contributed by atoms with E-state index in [9.17, 15) is 8.42 Å². The second kappa shape index (κ2) is 8.89. The molecule has 1 N–H and O–H groups in total. The molecule has 0 spiro atoms. The Morgan fingerprint density at radius 2 is 1.89 bits per heavy atom. The number of nitrogens with one attached hydrogen (secondary N) is 1. The monoisotopic (exact) mass is 292 g/mol. The van der Waals surface area contributed by atoms with Gasteiger partial charge >= 0.3 is 0 Å². The molecular formula is C13H28N2O3S. The topological polar surface area (TPSA) is 58.6 Å². The highest BCUT2D eigenvalue weighted by Gasteiger charge is 2.27. The van der Waals surface area contributed by atoms with Gasteiger partial charge in [0, 0.05) is 19.7 Å². The van der Waals surface area contributed by atoms with E-state index in [1.165, 1.54) is 0 Å². The van der Waals surface area contributed by atoms with Crippen molar-refractivity contribution in [2.45, 2.75) is 45.6 Å². The van der Waals surface area contributed by atoms with Crippen molar-refractivity contribution in [3.8, 4) is 0 Å². The SMILES string of the molecule is CCNCCCCS(=O)(=O)N1CCC(OCC)CC1. The van der Waals surface area contributed by atoms with Gasteiger partial charge in [-0.25, -0.2) is 12.7 Å². The van der Waals surface area contributed by atoms with Crippen LogP contribution in [0.3, 0.4) is 0 Å². The molecule has 0 unspecified atom stereocenters. The maximum absolute atomic E-state index is 12.1. The van der Waals surface area contributed by atoms with Gasteiger partial charge in [0.15, 0.2) is 0 Å². The average Bonchev–Trinajstić information content (AvgIpc) is 2.39. The Balaban J connectivity index is 2.26. The summed E-state index contributed by atoms with van der Waals surface area (Å²) in [5, 5.41) is 3.21. The van der Waals surface area contributed by atoms with Crippen LogP contribution in [0.4, 0.5) is 0 Å². The summed E-state index contributed by atoms with van der Waals surface area (Å²) in [4.78, 5) is 0. The quantitative estimate of drug-likeness (QED) is 0.649. The fraction of sp³-hybridized carbons (Fsp3) is 1.00. The number of piperidine rings is 1. The van der Waals surface area contributed by atoms with E-state index in [0.29, 0.717) is 19.7 Å². The van der Waals surface area contributed by atoms with Crippen molar-refractivity contribution in [2.75, 3.05) is 38.5 Å². The predicted molar refractivity (Wildman–Crippen MR) is 77.8 cm³/mol. The summed E-state index contributed by atoms with van der Waals surface area (Å²) in [5.41, 5.74) is 0. The second-order valence-corrected chi connectivity index (χ2v) is 7.02. The zero-order valence-electron chi connectivity index (χ0n) is 12.2. The van der Waals surface area contributed by atoms with Crippen molar-refractivity contribution in [1.82, 2.24) is 9.62 Å². The van der Waals surface area contributed by atoms with Crippen molar-refractivity contribution in [3.05, 3.63) is 0 Å². The van der Waals surface area contributed by atoms with Crippen LogP contribution in [0.15, 0.2) is 0 Å². The number of rotatable bonds is 9. The molecule has 1 heterocycles. The lowest BCUT2D eigenvalue weighted by molar-refractivity contribution is 0.0290. The van der Waals surface area contributed by atoms with Gasteiger partial charge in [-0.3, -0.25) is 0 Å². The molecule has 1 rings (SSSR count). The fourth-order valence-electron chi connectivity index (χ4n) is 2.35. The maximum Gasteiger partial charge on any atom is 0.214 e. The molecule has 0 radical (unpaired) electrons. The van der Waals surface area contributed by atoms with Crippen LogP contribution in [-0.2, 0) is 14.8 Å². The molecule has 0 saturated carbocycles. The van der Waals surface area contributed by atoms with Crippen LogP contribution < -0.4 is 5.32 Å². The first-order chi connectivity index (χ1) is 9.10. The van der Waals surface area contributed by atoms with Gasteiger partial charge in [0.05, 0.1) is 11.9 Å². The Morgan fingerprint density at radius 3 is 2.47 bits per heavy atom. The van der Waals surface area contributed by atoms with E-state index in [2.05, 4.69) is 12.2 Å². The minimum absolute atomic E-state index is 0.241. The molecule has 0 aromatic carbocycles. The van der Waals surface area contributed by atoms with E-state index in [0.717, 1.165) is 38.8 Å². The van der Waals surface area contributed by atoms with Crippen LogP contribution in [0, 0.1) is 0 Å². The summed E-state index contributed by atoms with van der Waals surface area (Å²) in [5.74, 6) is 0.275. The number of hydrogen-bond acceptors (Lipinski definition) is 4. The molecule has 1 fully saturated rings. The van der Waals surface area contributed by atoms with Gasteiger partial charge in [-0.05, 0) is 45.7 Å². The highest BCUT2D eigenvalue weighted by atomic mass is 32.2. The molecule has 5 nitrogen and oxygen atoms in total. The molecule has 0 amide bonds. The minimum Gasteiger partial charge on any atom is -0.378 e. The van der Waals surface area contributed by atoms with E-state index in [1.807, 2.05) is 6.92 Å².